The molecule has 3 aromatic heterocycles. The van der Waals surface area contributed by atoms with Crippen LogP contribution in [0.2, 0.25) is 0 Å². The third kappa shape index (κ3) is 1.80. The number of aryl methyl sites for hydroxylation is 4. The van der Waals surface area contributed by atoms with Gasteiger partial charge < -0.3 is 0 Å². The highest BCUT2D eigenvalue weighted by atomic mass is 32.1. The number of aromatic nitrogens is 4. The first-order chi connectivity index (χ1) is 11.2. The Balaban J connectivity index is 1.97. The lowest BCUT2D eigenvalue weighted by molar-refractivity contribution is 0.843. The molecule has 1 aliphatic carbocycles. The summed E-state index contributed by atoms with van der Waals surface area (Å²) in [4.78, 5) is 11.6. The number of thiophene rings is 1. The van der Waals surface area contributed by atoms with Crippen molar-refractivity contribution in [3.63, 3.8) is 0 Å². The normalized spacial score (nSPS) is 14.0. The standard InChI is InChI=1S/C18H16N4S/c1-10-6-12-4-3-5-14-15(13(12)7-11(10)2)16-17-19-8-21-22(17)9-20-18(16)23-14/h6-9H,3-5H2,1-2H3. The Morgan fingerprint density at radius 2 is 1.96 bits per heavy atom. The van der Waals surface area contributed by atoms with Crippen LogP contribution in [0.15, 0.2) is 24.8 Å². The van der Waals surface area contributed by atoms with Crippen molar-refractivity contribution in [3.05, 3.63) is 46.4 Å². The van der Waals surface area contributed by atoms with Gasteiger partial charge in [-0.15, -0.1) is 11.3 Å². The van der Waals surface area contributed by atoms with Gasteiger partial charge in [0.1, 0.15) is 17.5 Å². The summed E-state index contributed by atoms with van der Waals surface area (Å²) >= 11 is 1.81. The van der Waals surface area contributed by atoms with E-state index in [-0.39, 0.29) is 0 Å². The number of rotatable bonds is 0. The Hall–Kier alpha value is -2.27. The first kappa shape index (κ1) is 13.2. The Kier molecular flexibility index (Phi) is 2.65. The van der Waals surface area contributed by atoms with Crippen molar-refractivity contribution in [1.82, 2.24) is 19.6 Å². The van der Waals surface area contributed by atoms with E-state index in [2.05, 4.69) is 41.0 Å². The van der Waals surface area contributed by atoms with Gasteiger partial charge in [0.2, 0.25) is 0 Å². The molecular formula is C18H16N4S. The monoisotopic (exact) mass is 320 g/mol. The average Bonchev–Trinajstić information content (AvgIpc) is 3.10. The molecule has 0 N–H and O–H groups in total. The fourth-order valence-electron chi connectivity index (χ4n) is 3.60. The summed E-state index contributed by atoms with van der Waals surface area (Å²) in [7, 11) is 0. The minimum Gasteiger partial charge on any atom is -0.225 e. The van der Waals surface area contributed by atoms with E-state index in [4.69, 9.17) is 0 Å². The van der Waals surface area contributed by atoms with Crippen LogP contribution in [0.4, 0.5) is 0 Å². The van der Waals surface area contributed by atoms with Crippen molar-refractivity contribution < 1.29 is 0 Å². The van der Waals surface area contributed by atoms with Gasteiger partial charge in [0, 0.05) is 10.4 Å². The van der Waals surface area contributed by atoms with E-state index >= 15 is 0 Å². The van der Waals surface area contributed by atoms with E-state index in [0.29, 0.717) is 0 Å². The molecule has 114 valence electrons. The summed E-state index contributed by atoms with van der Waals surface area (Å²) in [6.07, 6.45) is 6.82. The molecule has 0 atom stereocenters. The molecule has 4 nitrogen and oxygen atoms in total. The minimum atomic E-state index is 0.915. The van der Waals surface area contributed by atoms with Gasteiger partial charge in [-0.2, -0.15) is 5.10 Å². The topological polar surface area (TPSA) is 43.1 Å². The summed E-state index contributed by atoms with van der Waals surface area (Å²) in [6, 6.07) is 4.71. The zero-order chi connectivity index (χ0) is 15.6. The Morgan fingerprint density at radius 3 is 2.87 bits per heavy atom. The molecule has 0 aliphatic heterocycles. The zero-order valence-electron chi connectivity index (χ0n) is 13.1. The highest BCUT2D eigenvalue weighted by Crippen LogP contribution is 2.44. The van der Waals surface area contributed by atoms with Gasteiger partial charge in [0.25, 0.3) is 0 Å². The maximum absolute atomic E-state index is 4.61. The van der Waals surface area contributed by atoms with Crippen LogP contribution in [-0.4, -0.2) is 19.6 Å². The number of benzene rings is 1. The third-order valence-corrected chi connectivity index (χ3v) is 6.04. The molecule has 5 rings (SSSR count). The summed E-state index contributed by atoms with van der Waals surface area (Å²) in [5.74, 6) is 0. The van der Waals surface area contributed by atoms with Gasteiger partial charge in [0.15, 0.2) is 5.65 Å². The predicted octanol–water partition coefficient (Wildman–Crippen LogP) is 4.11. The van der Waals surface area contributed by atoms with Crippen LogP contribution >= 0.6 is 11.3 Å². The predicted molar refractivity (Wildman–Crippen MR) is 93.1 cm³/mol. The second-order valence-electron chi connectivity index (χ2n) is 6.30. The van der Waals surface area contributed by atoms with Crippen LogP contribution in [0.5, 0.6) is 0 Å². The summed E-state index contributed by atoms with van der Waals surface area (Å²) in [6.45, 7) is 4.39. The summed E-state index contributed by atoms with van der Waals surface area (Å²) < 4.78 is 1.78. The van der Waals surface area contributed by atoms with Crippen LogP contribution < -0.4 is 0 Å². The van der Waals surface area contributed by atoms with Crippen LogP contribution in [0, 0.1) is 13.8 Å². The van der Waals surface area contributed by atoms with Crippen LogP contribution in [0.25, 0.3) is 27.0 Å². The van der Waals surface area contributed by atoms with Gasteiger partial charge in [-0.25, -0.2) is 14.5 Å². The number of nitrogens with zero attached hydrogens (tertiary/aromatic N) is 4. The van der Waals surface area contributed by atoms with E-state index in [1.165, 1.54) is 39.1 Å². The summed E-state index contributed by atoms with van der Waals surface area (Å²) in [5, 5.41) is 5.42. The number of fused-ring (bicyclic) bond motifs is 7. The molecule has 3 heterocycles. The average molecular weight is 320 g/mol. The Bertz CT molecular complexity index is 1070. The maximum Gasteiger partial charge on any atom is 0.167 e. The van der Waals surface area contributed by atoms with Crippen molar-refractivity contribution in [3.8, 4) is 11.1 Å². The summed E-state index contributed by atoms with van der Waals surface area (Å²) in [5.41, 5.74) is 7.79. The fraction of sp³-hybridized carbons (Fsp3) is 0.278. The van der Waals surface area contributed by atoms with E-state index in [1.54, 1.807) is 17.2 Å². The van der Waals surface area contributed by atoms with Gasteiger partial charge in [0.05, 0.1) is 5.39 Å². The molecule has 0 bridgehead atoms. The molecule has 0 fully saturated rings. The van der Waals surface area contributed by atoms with Crippen LogP contribution in [0.3, 0.4) is 0 Å². The quantitative estimate of drug-likeness (QED) is 0.490. The molecule has 23 heavy (non-hydrogen) atoms. The van der Waals surface area contributed by atoms with E-state index in [1.807, 2.05) is 11.3 Å². The maximum atomic E-state index is 4.61. The molecule has 5 heteroatoms. The van der Waals surface area contributed by atoms with Crippen molar-refractivity contribution >= 4 is 27.2 Å². The van der Waals surface area contributed by atoms with Crippen molar-refractivity contribution in [2.75, 3.05) is 0 Å². The third-order valence-electron chi connectivity index (χ3n) is 4.88. The molecule has 4 aromatic rings. The van der Waals surface area contributed by atoms with E-state index in [0.717, 1.165) is 28.7 Å². The lowest BCUT2D eigenvalue weighted by Crippen LogP contribution is -1.94. The number of hydrogen-bond acceptors (Lipinski definition) is 4. The highest BCUT2D eigenvalue weighted by Gasteiger charge is 2.23. The van der Waals surface area contributed by atoms with E-state index in [9.17, 15) is 0 Å². The molecule has 0 saturated heterocycles. The zero-order valence-corrected chi connectivity index (χ0v) is 13.9. The van der Waals surface area contributed by atoms with Gasteiger partial charge in [-0.3, -0.25) is 0 Å². The smallest absolute Gasteiger partial charge is 0.167 e. The van der Waals surface area contributed by atoms with Crippen LogP contribution in [0.1, 0.15) is 28.0 Å². The Morgan fingerprint density at radius 1 is 1.09 bits per heavy atom. The molecule has 1 aliphatic rings. The molecule has 1 aromatic carbocycles. The molecule has 0 radical (unpaired) electrons. The second-order valence-corrected chi connectivity index (χ2v) is 7.38. The van der Waals surface area contributed by atoms with Crippen molar-refractivity contribution in [1.29, 1.82) is 0 Å². The van der Waals surface area contributed by atoms with Crippen molar-refractivity contribution in [2.45, 2.75) is 33.1 Å². The van der Waals surface area contributed by atoms with Gasteiger partial charge in [-0.05, 0) is 55.4 Å². The highest BCUT2D eigenvalue weighted by molar-refractivity contribution is 7.19. The second kappa shape index (κ2) is 4.61. The van der Waals surface area contributed by atoms with Gasteiger partial charge >= 0.3 is 0 Å². The van der Waals surface area contributed by atoms with Gasteiger partial charge in [-0.1, -0.05) is 12.1 Å². The first-order valence-corrected chi connectivity index (χ1v) is 8.74. The molecule has 0 amide bonds. The lowest BCUT2D eigenvalue weighted by Gasteiger charge is -2.11. The van der Waals surface area contributed by atoms with E-state index < -0.39 is 0 Å². The minimum absolute atomic E-state index is 0.915. The molecule has 0 saturated carbocycles. The fourth-order valence-corrected chi connectivity index (χ4v) is 4.79. The lowest BCUT2D eigenvalue weighted by atomic mass is 9.93. The molecule has 0 spiro atoms. The van der Waals surface area contributed by atoms with Crippen LogP contribution in [-0.2, 0) is 12.8 Å². The Labute approximate surface area is 137 Å². The molecular weight excluding hydrogens is 304 g/mol. The first-order valence-electron chi connectivity index (χ1n) is 7.92. The van der Waals surface area contributed by atoms with Crippen molar-refractivity contribution in [2.24, 2.45) is 0 Å². The largest absolute Gasteiger partial charge is 0.225 e. The number of hydrogen-bond donors (Lipinski definition) is 0. The molecule has 0 unspecified atom stereocenters. The SMILES string of the molecule is Cc1cc2c(cc1C)-c1c(sc3ncn4ncnc4c13)CCC2.